The molecule has 1 aliphatic rings. The average Bonchev–Trinajstić information content (AvgIpc) is 3.34. The van der Waals surface area contributed by atoms with Crippen molar-refractivity contribution < 1.29 is 28.5 Å². The van der Waals surface area contributed by atoms with E-state index in [2.05, 4.69) is 0 Å². The molecule has 34 heavy (non-hydrogen) atoms. The molecule has 0 radical (unpaired) electrons. The molecule has 1 aliphatic heterocycles. The molecule has 0 unspecified atom stereocenters. The normalized spacial score (nSPS) is 13.6. The van der Waals surface area contributed by atoms with Crippen molar-refractivity contribution in [2.45, 2.75) is 0 Å². The van der Waals surface area contributed by atoms with Gasteiger partial charge in [0, 0.05) is 35.8 Å². The number of allylic oxidation sites excluding steroid dienone is 1. The van der Waals surface area contributed by atoms with Crippen LogP contribution in [-0.4, -0.2) is 30.5 Å². The average molecular weight is 455 g/mol. The summed E-state index contributed by atoms with van der Waals surface area (Å²) in [5.74, 6) is 0.955. The first-order valence-corrected chi connectivity index (χ1v) is 10.5. The van der Waals surface area contributed by atoms with Crippen molar-refractivity contribution in [3.05, 3.63) is 89.3 Å². The number of nitrogens with zero attached hydrogens (tertiary/aromatic N) is 1. The minimum Gasteiger partial charge on any atom is -0.493 e. The van der Waals surface area contributed by atoms with Crippen LogP contribution in [0, 0.1) is 0 Å². The first-order valence-electron chi connectivity index (χ1n) is 10.5. The third-order valence-electron chi connectivity index (χ3n) is 5.69. The Kier molecular flexibility index (Phi) is 5.30. The van der Waals surface area contributed by atoms with Crippen LogP contribution in [0.3, 0.4) is 0 Å². The second-order valence-corrected chi connectivity index (χ2v) is 7.77. The number of ether oxygens (including phenoxy) is 4. The largest absolute Gasteiger partial charge is 0.493 e. The summed E-state index contributed by atoms with van der Waals surface area (Å²) in [7, 11) is 4.96. The summed E-state index contributed by atoms with van der Waals surface area (Å²) in [5, 5.41) is 1.02. The summed E-state index contributed by atoms with van der Waals surface area (Å²) in [6.45, 7) is 0. The highest BCUT2D eigenvalue weighted by Crippen LogP contribution is 2.36. The molecule has 0 amide bonds. The Labute approximate surface area is 195 Å². The molecule has 7 heteroatoms. The molecular weight excluding hydrogens is 434 g/mol. The first-order chi connectivity index (χ1) is 16.5. The van der Waals surface area contributed by atoms with Crippen LogP contribution in [0.15, 0.2) is 72.6 Å². The number of hydrogen-bond donors (Lipinski definition) is 0. The highest BCUT2D eigenvalue weighted by molar-refractivity contribution is 6.15. The molecular formula is C27H21NO6. The number of hydrogen-bond acceptors (Lipinski definition) is 6. The smallest absolute Gasteiger partial charge is 0.343 e. The summed E-state index contributed by atoms with van der Waals surface area (Å²) in [6.07, 6.45) is 3.69. The number of carbonyl (C=O) groups is 2. The predicted molar refractivity (Wildman–Crippen MR) is 127 cm³/mol. The van der Waals surface area contributed by atoms with Gasteiger partial charge in [0.2, 0.25) is 5.78 Å². The Morgan fingerprint density at radius 1 is 0.971 bits per heavy atom. The molecule has 0 bridgehead atoms. The lowest BCUT2D eigenvalue weighted by Gasteiger charge is -2.09. The van der Waals surface area contributed by atoms with Crippen LogP contribution in [0.5, 0.6) is 23.0 Å². The standard InChI is InChI=1S/C27H21NO6/c1-28-15-17(19-6-4-5-7-21(19)28)13-25-26(29)20-10-9-18(14-23(20)34-25)33-27(30)16-8-11-22(31-2)24(12-16)32-3/h4-15H,1-3H3/b25-13+. The number of aryl methyl sites for hydroxylation is 1. The van der Waals surface area contributed by atoms with Crippen molar-refractivity contribution in [3.63, 3.8) is 0 Å². The lowest BCUT2D eigenvalue weighted by atomic mass is 10.1. The summed E-state index contributed by atoms with van der Waals surface area (Å²) in [5.41, 5.74) is 2.65. The number of benzene rings is 3. The lowest BCUT2D eigenvalue weighted by molar-refractivity contribution is 0.0734. The minimum absolute atomic E-state index is 0.217. The van der Waals surface area contributed by atoms with Gasteiger partial charge in [-0.1, -0.05) is 18.2 Å². The van der Waals surface area contributed by atoms with Crippen LogP contribution in [-0.2, 0) is 7.05 Å². The van der Waals surface area contributed by atoms with Gasteiger partial charge in [0.05, 0.1) is 25.3 Å². The molecule has 0 saturated heterocycles. The predicted octanol–water partition coefficient (Wildman–Crippen LogP) is 5.03. The molecule has 3 aromatic carbocycles. The SMILES string of the molecule is COc1ccc(C(=O)Oc2ccc3c(c2)O/C(=C/c2cn(C)c4ccccc24)C3=O)cc1OC. The number of fused-ring (bicyclic) bond motifs is 2. The maximum atomic E-state index is 12.9. The van der Waals surface area contributed by atoms with Crippen LogP contribution in [0.2, 0.25) is 0 Å². The number of ketones is 1. The molecule has 7 nitrogen and oxygen atoms in total. The zero-order valence-corrected chi connectivity index (χ0v) is 18.8. The van der Waals surface area contributed by atoms with Gasteiger partial charge in [0.1, 0.15) is 11.5 Å². The Morgan fingerprint density at radius 2 is 1.76 bits per heavy atom. The van der Waals surface area contributed by atoms with Gasteiger partial charge in [-0.05, 0) is 42.5 Å². The van der Waals surface area contributed by atoms with E-state index < -0.39 is 5.97 Å². The van der Waals surface area contributed by atoms with Crippen LogP contribution >= 0.6 is 0 Å². The maximum absolute atomic E-state index is 12.9. The monoisotopic (exact) mass is 455 g/mol. The molecule has 1 aromatic heterocycles. The number of esters is 1. The van der Waals surface area contributed by atoms with Gasteiger partial charge in [0.15, 0.2) is 17.3 Å². The van der Waals surface area contributed by atoms with Gasteiger partial charge in [0.25, 0.3) is 0 Å². The van der Waals surface area contributed by atoms with Gasteiger partial charge >= 0.3 is 5.97 Å². The van der Waals surface area contributed by atoms with Crippen molar-refractivity contribution in [1.82, 2.24) is 4.57 Å². The number of Topliss-reactive ketones (excluding diaryl/α,β-unsaturated/α-hetero) is 1. The summed E-state index contributed by atoms with van der Waals surface area (Å²) in [4.78, 5) is 25.5. The van der Waals surface area contributed by atoms with Crippen LogP contribution in [0.4, 0.5) is 0 Å². The molecule has 2 heterocycles. The molecule has 4 aromatic rings. The molecule has 5 rings (SSSR count). The maximum Gasteiger partial charge on any atom is 0.343 e. The van der Waals surface area contributed by atoms with E-state index in [9.17, 15) is 9.59 Å². The van der Waals surface area contributed by atoms with Gasteiger partial charge in [-0.3, -0.25) is 4.79 Å². The van der Waals surface area contributed by atoms with E-state index in [1.54, 1.807) is 36.4 Å². The van der Waals surface area contributed by atoms with Gasteiger partial charge in [-0.15, -0.1) is 0 Å². The molecule has 0 aliphatic carbocycles. The van der Waals surface area contributed by atoms with Gasteiger partial charge in [-0.25, -0.2) is 4.79 Å². The molecule has 0 atom stereocenters. The van der Waals surface area contributed by atoms with E-state index in [1.165, 1.54) is 20.3 Å². The number of carbonyl (C=O) groups excluding carboxylic acids is 2. The number of aromatic nitrogens is 1. The van der Waals surface area contributed by atoms with E-state index in [-0.39, 0.29) is 17.3 Å². The zero-order chi connectivity index (χ0) is 23.8. The molecule has 0 N–H and O–H groups in total. The number of methoxy groups -OCH3 is 2. The van der Waals surface area contributed by atoms with Crippen LogP contribution in [0.1, 0.15) is 26.3 Å². The summed E-state index contributed by atoms with van der Waals surface area (Å²) >= 11 is 0. The van der Waals surface area contributed by atoms with Crippen molar-refractivity contribution in [1.29, 1.82) is 0 Å². The number of rotatable bonds is 5. The van der Waals surface area contributed by atoms with Crippen molar-refractivity contribution in [3.8, 4) is 23.0 Å². The highest BCUT2D eigenvalue weighted by atomic mass is 16.5. The second-order valence-electron chi connectivity index (χ2n) is 7.77. The topological polar surface area (TPSA) is 76.0 Å². The fourth-order valence-electron chi connectivity index (χ4n) is 3.99. The van der Waals surface area contributed by atoms with Crippen LogP contribution in [0.25, 0.3) is 17.0 Å². The first kappa shape index (κ1) is 21.3. The quantitative estimate of drug-likeness (QED) is 0.239. The Morgan fingerprint density at radius 3 is 2.56 bits per heavy atom. The second kappa shape index (κ2) is 8.44. The molecule has 0 fully saturated rings. The minimum atomic E-state index is -0.572. The molecule has 170 valence electrons. The van der Waals surface area contributed by atoms with Crippen molar-refractivity contribution >= 4 is 28.7 Å². The molecule has 0 spiro atoms. The zero-order valence-electron chi connectivity index (χ0n) is 18.8. The lowest BCUT2D eigenvalue weighted by Crippen LogP contribution is -2.09. The Balaban J connectivity index is 1.39. The van der Waals surface area contributed by atoms with Gasteiger partial charge in [-0.2, -0.15) is 0 Å². The van der Waals surface area contributed by atoms with E-state index in [1.807, 2.05) is 42.1 Å². The van der Waals surface area contributed by atoms with Crippen molar-refractivity contribution in [2.24, 2.45) is 7.05 Å². The van der Waals surface area contributed by atoms with Crippen molar-refractivity contribution in [2.75, 3.05) is 14.2 Å². The van der Waals surface area contributed by atoms with E-state index in [0.29, 0.717) is 28.4 Å². The van der Waals surface area contributed by atoms with E-state index in [0.717, 1.165) is 16.5 Å². The third-order valence-corrected chi connectivity index (χ3v) is 5.69. The number of para-hydroxylation sites is 1. The summed E-state index contributed by atoms with van der Waals surface area (Å²) < 4.78 is 23.8. The van der Waals surface area contributed by atoms with E-state index in [4.69, 9.17) is 18.9 Å². The summed E-state index contributed by atoms with van der Waals surface area (Å²) in [6, 6.07) is 17.4. The highest BCUT2D eigenvalue weighted by Gasteiger charge is 2.28. The third kappa shape index (κ3) is 3.67. The Hall–Kier alpha value is -4.52. The fourth-order valence-corrected chi connectivity index (χ4v) is 3.99. The van der Waals surface area contributed by atoms with Crippen LogP contribution < -0.4 is 18.9 Å². The van der Waals surface area contributed by atoms with Gasteiger partial charge < -0.3 is 23.5 Å². The molecule has 0 saturated carbocycles. The Bertz CT molecular complexity index is 1480. The van der Waals surface area contributed by atoms with E-state index >= 15 is 0 Å². The fraction of sp³-hybridized carbons (Fsp3) is 0.111.